The van der Waals surface area contributed by atoms with Gasteiger partial charge in [-0.25, -0.2) is 27.2 Å². The SMILES string of the molecule is COc1ccc(CN(Cc2ccc(OC)cc2OC)S(=O)(=O)c2cc(NC(=O)c3cc(C(C)(C)C)c(C)nc3N3CCC(F)(F)CC3)ccn2)c(OC)c1. The number of aromatic nitrogens is 2. The number of methoxy groups -OCH3 is 4. The number of benzene rings is 2. The number of aryl methyl sites for hydroxylation is 1. The molecule has 2 aromatic heterocycles. The van der Waals surface area contributed by atoms with Gasteiger partial charge in [0, 0.05) is 85.9 Å². The van der Waals surface area contributed by atoms with Crippen molar-refractivity contribution in [2.24, 2.45) is 0 Å². The van der Waals surface area contributed by atoms with Crippen LogP contribution in [0, 0.1) is 6.92 Å². The summed E-state index contributed by atoms with van der Waals surface area (Å²) in [6.45, 7) is 7.63. The lowest BCUT2D eigenvalue weighted by Gasteiger charge is -2.34. The second-order valence-corrected chi connectivity index (χ2v) is 15.9. The van der Waals surface area contributed by atoms with Crippen LogP contribution in [0.2, 0.25) is 0 Å². The zero-order chi connectivity index (χ0) is 39.4. The van der Waals surface area contributed by atoms with Gasteiger partial charge in [0.25, 0.3) is 21.9 Å². The summed E-state index contributed by atoms with van der Waals surface area (Å²) in [4.78, 5) is 24.7. The number of nitrogens with zero attached hydrogens (tertiary/aromatic N) is 4. The van der Waals surface area contributed by atoms with Gasteiger partial charge in [0.05, 0.1) is 34.0 Å². The molecule has 54 heavy (non-hydrogen) atoms. The predicted octanol–water partition coefficient (Wildman–Crippen LogP) is 7.00. The van der Waals surface area contributed by atoms with E-state index < -0.39 is 21.9 Å². The first-order chi connectivity index (χ1) is 25.5. The average Bonchev–Trinajstić information content (AvgIpc) is 3.14. The van der Waals surface area contributed by atoms with Gasteiger partial charge < -0.3 is 29.2 Å². The summed E-state index contributed by atoms with van der Waals surface area (Å²) in [6, 6.07) is 14.7. The number of piperidine rings is 1. The molecule has 3 heterocycles. The molecule has 5 rings (SSSR count). The highest BCUT2D eigenvalue weighted by Crippen LogP contribution is 2.36. The van der Waals surface area contributed by atoms with E-state index in [4.69, 9.17) is 23.9 Å². The zero-order valence-corrected chi connectivity index (χ0v) is 32.6. The van der Waals surface area contributed by atoms with Crippen LogP contribution in [0.4, 0.5) is 20.3 Å². The minimum absolute atomic E-state index is 0.0278. The molecule has 290 valence electrons. The molecule has 1 aliphatic heterocycles. The van der Waals surface area contributed by atoms with E-state index >= 15 is 0 Å². The quantitative estimate of drug-likeness (QED) is 0.152. The molecule has 1 fully saturated rings. The molecule has 1 amide bonds. The van der Waals surface area contributed by atoms with Crippen molar-refractivity contribution in [3.05, 3.63) is 88.7 Å². The molecular formula is C39H47F2N5O7S. The van der Waals surface area contributed by atoms with E-state index in [1.54, 1.807) is 47.4 Å². The first-order valence-electron chi connectivity index (χ1n) is 17.3. The minimum Gasteiger partial charge on any atom is -0.497 e. The molecule has 1 aliphatic rings. The Hall–Kier alpha value is -5.02. The zero-order valence-electron chi connectivity index (χ0n) is 31.8. The first-order valence-corrected chi connectivity index (χ1v) is 18.8. The van der Waals surface area contributed by atoms with E-state index in [1.165, 1.54) is 51.1 Å². The summed E-state index contributed by atoms with van der Waals surface area (Å²) in [5, 5.41) is 2.50. The van der Waals surface area contributed by atoms with Crippen LogP contribution >= 0.6 is 0 Å². The Morgan fingerprint density at radius 1 is 0.870 bits per heavy atom. The predicted molar refractivity (Wildman–Crippen MR) is 202 cm³/mol. The molecule has 0 radical (unpaired) electrons. The Bertz CT molecular complexity index is 2040. The van der Waals surface area contributed by atoms with Crippen molar-refractivity contribution in [2.75, 3.05) is 51.7 Å². The van der Waals surface area contributed by atoms with Gasteiger partial charge in [0.2, 0.25) is 0 Å². The average molecular weight is 768 g/mol. The van der Waals surface area contributed by atoms with Crippen LogP contribution < -0.4 is 29.2 Å². The lowest BCUT2D eigenvalue weighted by molar-refractivity contribution is -0.0221. The van der Waals surface area contributed by atoms with Gasteiger partial charge in [-0.05, 0) is 42.2 Å². The smallest absolute Gasteiger partial charge is 0.261 e. The van der Waals surface area contributed by atoms with E-state index in [9.17, 15) is 22.0 Å². The van der Waals surface area contributed by atoms with Crippen LogP contribution in [-0.4, -0.2) is 76.0 Å². The van der Waals surface area contributed by atoms with Crippen LogP contribution in [-0.2, 0) is 28.5 Å². The highest BCUT2D eigenvalue weighted by Gasteiger charge is 2.36. The minimum atomic E-state index is -4.36. The van der Waals surface area contributed by atoms with Crippen molar-refractivity contribution >= 4 is 27.4 Å². The summed E-state index contributed by atoms with van der Waals surface area (Å²) in [5.74, 6) is -1.16. The molecule has 0 spiro atoms. The van der Waals surface area contributed by atoms with Crippen LogP contribution in [0.1, 0.15) is 66.4 Å². The van der Waals surface area contributed by atoms with E-state index in [1.807, 2.05) is 27.7 Å². The molecule has 1 saturated heterocycles. The second kappa shape index (κ2) is 16.1. The number of rotatable bonds is 13. The molecule has 0 aliphatic carbocycles. The number of sulfonamides is 1. The molecule has 4 aromatic rings. The van der Waals surface area contributed by atoms with E-state index in [0.717, 1.165) is 5.56 Å². The number of nitrogens with one attached hydrogen (secondary N) is 1. The van der Waals surface area contributed by atoms with Gasteiger partial charge in [0.1, 0.15) is 28.8 Å². The van der Waals surface area contributed by atoms with E-state index in [0.29, 0.717) is 45.6 Å². The highest BCUT2D eigenvalue weighted by molar-refractivity contribution is 7.89. The van der Waals surface area contributed by atoms with Crippen molar-refractivity contribution < 1.29 is 40.9 Å². The molecule has 1 N–H and O–H groups in total. The van der Waals surface area contributed by atoms with Gasteiger partial charge >= 0.3 is 0 Å². The summed E-state index contributed by atoms with van der Waals surface area (Å²) in [7, 11) is 1.64. The van der Waals surface area contributed by atoms with Crippen LogP contribution in [0.3, 0.4) is 0 Å². The number of hydrogen-bond acceptors (Lipinski definition) is 10. The molecule has 0 saturated carbocycles. The third-order valence-electron chi connectivity index (χ3n) is 9.32. The number of pyridine rings is 2. The van der Waals surface area contributed by atoms with Crippen molar-refractivity contribution in [1.29, 1.82) is 0 Å². The molecule has 15 heteroatoms. The molecular weight excluding hydrogens is 721 g/mol. The van der Waals surface area contributed by atoms with Gasteiger partial charge in [-0.2, -0.15) is 4.31 Å². The van der Waals surface area contributed by atoms with Gasteiger partial charge in [0.15, 0.2) is 5.03 Å². The number of alkyl halides is 2. The van der Waals surface area contributed by atoms with Crippen LogP contribution in [0.5, 0.6) is 23.0 Å². The molecule has 12 nitrogen and oxygen atoms in total. The Kier molecular flexibility index (Phi) is 12.0. The number of carbonyl (C=O) groups is 1. The van der Waals surface area contributed by atoms with Gasteiger partial charge in [-0.15, -0.1) is 0 Å². The Balaban J connectivity index is 1.52. The topological polar surface area (TPSA) is 132 Å². The Morgan fingerprint density at radius 2 is 1.43 bits per heavy atom. The summed E-state index contributed by atoms with van der Waals surface area (Å²) < 4.78 is 80.4. The third kappa shape index (κ3) is 9.01. The summed E-state index contributed by atoms with van der Waals surface area (Å²) in [5.41, 5.74) is 2.59. The fourth-order valence-corrected chi connectivity index (χ4v) is 7.69. The van der Waals surface area contributed by atoms with Crippen molar-refractivity contribution in [3.8, 4) is 23.0 Å². The summed E-state index contributed by atoms with van der Waals surface area (Å²) >= 11 is 0. The Morgan fingerprint density at radius 3 is 1.93 bits per heavy atom. The number of ether oxygens (including phenoxy) is 4. The molecule has 0 unspecified atom stereocenters. The Labute approximate surface area is 315 Å². The third-order valence-corrected chi connectivity index (χ3v) is 11.0. The highest BCUT2D eigenvalue weighted by atomic mass is 32.2. The molecule has 0 bridgehead atoms. The van der Waals surface area contributed by atoms with Crippen molar-refractivity contribution in [3.63, 3.8) is 0 Å². The van der Waals surface area contributed by atoms with E-state index in [2.05, 4.69) is 10.3 Å². The maximum atomic E-state index is 14.5. The number of hydrogen-bond donors (Lipinski definition) is 1. The van der Waals surface area contributed by atoms with Crippen molar-refractivity contribution in [2.45, 2.75) is 70.0 Å². The number of amides is 1. The fraction of sp³-hybridized carbons (Fsp3) is 0.410. The maximum Gasteiger partial charge on any atom is 0.261 e. The first kappa shape index (κ1) is 40.2. The van der Waals surface area contributed by atoms with Gasteiger partial charge in [-0.3, -0.25) is 4.79 Å². The normalized spacial score (nSPS) is 14.5. The standard InChI is InChI=1S/C39H47F2N5O7S/c1-25-32(38(2,3)4)22-31(36(43-25)45-17-14-39(40,41)15-18-45)37(47)44-28-13-16-42-35(19-28)54(48,49)46(23-26-9-11-29(50-5)20-33(26)52-7)24-27-10-12-30(51-6)21-34(27)53-8/h9-13,16,19-22H,14-15,17-18,23-24H2,1-8H3,(H,42,44,47). The molecule has 0 atom stereocenters. The van der Waals surface area contributed by atoms with E-state index in [-0.39, 0.29) is 60.7 Å². The van der Waals surface area contributed by atoms with Crippen molar-refractivity contribution in [1.82, 2.24) is 14.3 Å². The molecule has 2 aromatic carbocycles. The van der Waals surface area contributed by atoms with Gasteiger partial charge in [-0.1, -0.05) is 32.9 Å². The van der Waals surface area contributed by atoms with Crippen LogP contribution in [0.15, 0.2) is 65.8 Å². The maximum absolute atomic E-state index is 14.5. The number of halogens is 2. The number of anilines is 2. The lowest BCUT2D eigenvalue weighted by atomic mass is 9.85. The number of carbonyl (C=O) groups excluding carboxylic acids is 1. The lowest BCUT2D eigenvalue weighted by Crippen LogP contribution is -2.41. The monoisotopic (exact) mass is 767 g/mol. The van der Waals surface area contributed by atoms with Crippen LogP contribution in [0.25, 0.3) is 0 Å². The fourth-order valence-electron chi connectivity index (χ4n) is 6.34. The summed E-state index contributed by atoms with van der Waals surface area (Å²) in [6.07, 6.45) is 0.579. The largest absolute Gasteiger partial charge is 0.497 e. The second-order valence-electron chi connectivity index (χ2n) is 14.1.